The number of aromatic nitrogens is 2. The Bertz CT molecular complexity index is 603. The van der Waals surface area contributed by atoms with Gasteiger partial charge in [0.1, 0.15) is 5.82 Å². The molecular formula is C8H4FN3O4. The van der Waals surface area contributed by atoms with Gasteiger partial charge in [-0.3, -0.25) is 19.6 Å². The zero-order chi connectivity index (χ0) is 11.7. The smallest absolute Gasteiger partial charge is 0.296 e. The standard InChI is InChI=1S/C8H4FN3O4/c9-6-3-4(12(14)15)1-2-5(6)7-10-8(13)16-11-7/h1-3H,(H,10,11,13). The van der Waals surface area contributed by atoms with Crippen molar-refractivity contribution in [3.8, 4) is 11.4 Å². The number of nitrogens with zero attached hydrogens (tertiary/aromatic N) is 2. The molecule has 0 spiro atoms. The number of halogens is 1. The fraction of sp³-hybridized carbons (Fsp3) is 0. The van der Waals surface area contributed by atoms with Crippen LogP contribution in [0.2, 0.25) is 0 Å². The first-order chi connectivity index (χ1) is 7.58. The largest absolute Gasteiger partial charge is 0.439 e. The minimum absolute atomic E-state index is 0.0727. The van der Waals surface area contributed by atoms with Crippen LogP contribution in [0.5, 0.6) is 0 Å². The number of benzene rings is 1. The lowest BCUT2D eigenvalue weighted by Crippen LogP contribution is -1.96. The van der Waals surface area contributed by atoms with Crippen LogP contribution in [-0.2, 0) is 0 Å². The normalized spacial score (nSPS) is 10.3. The molecule has 16 heavy (non-hydrogen) atoms. The Hall–Kier alpha value is -2.51. The van der Waals surface area contributed by atoms with E-state index in [0.717, 1.165) is 18.2 Å². The van der Waals surface area contributed by atoms with Gasteiger partial charge in [0.15, 0.2) is 5.82 Å². The highest BCUT2D eigenvalue weighted by Crippen LogP contribution is 2.22. The van der Waals surface area contributed by atoms with Crippen molar-refractivity contribution in [3.05, 3.63) is 44.7 Å². The quantitative estimate of drug-likeness (QED) is 0.608. The summed E-state index contributed by atoms with van der Waals surface area (Å²) in [5.41, 5.74) is -0.455. The number of H-pyrrole nitrogens is 1. The third-order valence-corrected chi connectivity index (χ3v) is 1.86. The minimum atomic E-state index is -0.862. The van der Waals surface area contributed by atoms with E-state index >= 15 is 0 Å². The lowest BCUT2D eigenvalue weighted by Gasteiger charge is -1.97. The van der Waals surface area contributed by atoms with Crippen LogP contribution in [0.25, 0.3) is 11.4 Å². The average Bonchev–Trinajstić information content (AvgIpc) is 2.64. The van der Waals surface area contributed by atoms with E-state index in [0.29, 0.717) is 0 Å². The lowest BCUT2D eigenvalue weighted by molar-refractivity contribution is -0.385. The van der Waals surface area contributed by atoms with E-state index in [-0.39, 0.29) is 17.1 Å². The van der Waals surface area contributed by atoms with Crippen LogP contribution in [-0.4, -0.2) is 15.1 Å². The third-order valence-electron chi connectivity index (χ3n) is 1.86. The van der Waals surface area contributed by atoms with Gasteiger partial charge in [0.25, 0.3) is 5.69 Å². The van der Waals surface area contributed by atoms with Crippen molar-refractivity contribution in [2.75, 3.05) is 0 Å². The molecule has 2 rings (SSSR count). The summed E-state index contributed by atoms with van der Waals surface area (Å²) in [4.78, 5) is 22.4. The summed E-state index contributed by atoms with van der Waals surface area (Å²) in [6.07, 6.45) is 0. The molecule has 1 aromatic heterocycles. The average molecular weight is 225 g/mol. The van der Waals surface area contributed by atoms with Gasteiger partial charge in [0.05, 0.1) is 16.6 Å². The Morgan fingerprint density at radius 2 is 2.25 bits per heavy atom. The van der Waals surface area contributed by atoms with Crippen molar-refractivity contribution in [1.82, 2.24) is 10.1 Å². The predicted molar refractivity (Wildman–Crippen MR) is 49.2 cm³/mol. The summed E-state index contributed by atoms with van der Waals surface area (Å²) >= 11 is 0. The lowest BCUT2D eigenvalue weighted by atomic mass is 10.2. The molecule has 0 atom stereocenters. The van der Waals surface area contributed by atoms with Gasteiger partial charge in [-0.2, -0.15) is 0 Å². The van der Waals surface area contributed by atoms with E-state index in [2.05, 4.69) is 14.7 Å². The van der Waals surface area contributed by atoms with E-state index in [4.69, 9.17) is 0 Å². The Kier molecular flexibility index (Phi) is 2.24. The molecule has 7 nitrogen and oxygen atoms in total. The third kappa shape index (κ3) is 1.67. The second-order valence-electron chi connectivity index (χ2n) is 2.86. The maximum absolute atomic E-state index is 13.4. The molecule has 2 aromatic rings. The maximum Gasteiger partial charge on any atom is 0.439 e. The fourth-order valence-electron chi connectivity index (χ4n) is 1.16. The Morgan fingerprint density at radius 3 is 2.75 bits per heavy atom. The van der Waals surface area contributed by atoms with Crippen LogP contribution in [0.3, 0.4) is 0 Å². The van der Waals surface area contributed by atoms with E-state index < -0.39 is 16.5 Å². The summed E-state index contributed by atoms with van der Waals surface area (Å²) in [6, 6.07) is 2.98. The molecule has 0 fully saturated rings. The number of hydrogen-bond donors (Lipinski definition) is 1. The van der Waals surface area contributed by atoms with Crippen molar-refractivity contribution in [2.45, 2.75) is 0 Å². The number of nitro groups is 1. The summed E-state index contributed by atoms with van der Waals surface area (Å²) in [5, 5.41) is 13.6. The molecule has 1 aromatic carbocycles. The molecular weight excluding hydrogens is 221 g/mol. The molecule has 0 amide bonds. The van der Waals surface area contributed by atoms with Crippen LogP contribution in [0.15, 0.2) is 27.5 Å². The molecule has 0 aliphatic heterocycles. The topological polar surface area (TPSA) is 102 Å². The summed E-state index contributed by atoms with van der Waals surface area (Å²) in [5.74, 6) is -1.80. The molecule has 0 aliphatic rings. The Balaban J connectivity index is 2.51. The zero-order valence-corrected chi connectivity index (χ0v) is 7.64. The molecule has 0 bridgehead atoms. The molecule has 1 N–H and O–H groups in total. The molecule has 0 unspecified atom stereocenters. The highest BCUT2D eigenvalue weighted by molar-refractivity contribution is 5.57. The second kappa shape index (κ2) is 3.57. The number of hydrogen-bond acceptors (Lipinski definition) is 5. The van der Waals surface area contributed by atoms with E-state index in [9.17, 15) is 19.3 Å². The SMILES string of the molecule is O=c1[nH]c(-c2ccc([N+](=O)[O-])cc2F)no1. The van der Waals surface area contributed by atoms with Crippen molar-refractivity contribution < 1.29 is 13.8 Å². The van der Waals surface area contributed by atoms with Gasteiger partial charge in [0, 0.05) is 6.07 Å². The highest BCUT2D eigenvalue weighted by atomic mass is 19.1. The van der Waals surface area contributed by atoms with Gasteiger partial charge in [-0.1, -0.05) is 5.16 Å². The fourth-order valence-corrected chi connectivity index (χ4v) is 1.16. The maximum atomic E-state index is 13.4. The molecule has 0 radical (unpaired) electrons. The number of non-ortho nitro benzene ring substituents is 1. The summed E-state index contributed by atoms with van der Waals surface area (Å²) in [6.45, 7) is 0. The number of aromatic amines is 1. The van der Waals surface area contributed by atoms with E-state index in [1.165, 1.54) is 0 Å². The molecule has 82 valence electrons. The Morgan fingerprint density at radius 1 is 1.50 bits per heavy atom. The van der Waals surface area contributed by atoms with Crippen LogP contribution in [0.1, 0.15) is 0 Å². The van der Waals surface area contributed by atoms with Crippen molar-refractivity contribution in [1.29, 1.82) is 0 Å². The Labute approximate surface area is 86.7 Å². The minimum Gasteiger partial charge on any atom is -0.296 e. The van der Waals surface area contributed by atoms with Crippen LogP contribution in [0, 0.1) is 15.9 Å². The first-order valence-electron chi connectivity index (χ1n) is 4.08. The van der Waals surface area contributed by atoms with Gasteiger partial charge in [-0.15, -0.1) is 0 Å². The number of nitro benzene ring substituents is 1. The summed E-state index contributed by atoms with van der Waals surface area (Å²) < 4.78 is 17.6. The van der Waals surface area contributed by atoms with Gasteiger partial charge in [-0.05, 0) is 6.07 Å². The van der Waals surface area contributed by atoms with Crippen LogP contribution < -0.4 is 5.76 Å². The zero-order valence-electron chi connectivity index (χ0n) is 7.64. The van der Waals surface area contributed by atoms with Crippen molar-refractivity contribution >= 4 is 5.69 Å². The summed E-state index contributed by atoms with van der Waals surface area (Å²) in [7, 11) is 0. The van der Waals surface area contributed by atoms with E-state index in [1.807, 2.05) is 0 Å². The highest BCUT2D eigenvalue weighted by Gasteiger charge is 2.14. The molecule has 8 heteroatoms. The number of nitrogens with one attached hydrogen (secondary N) is 1. The number of rotatable bonds is 2. The second-order valence-corrected chi connectivity index (χ2v) is 2.86. The first-order valence-corrected chi connectivity index (χ1v) is 4.08. The molecule has 0 saturated heterocycles. The molecule has 0 saturated carbocycles. The van der Waals surface area contributed by atoms with Crippen molar-refractivity contribution in [2.24, 2.45) is 0 Å². The van der Waals surface area contributed by atoms with Crippen LogP contribution in [0.4, 0.5) is 10.1 Å². The molecule has 0 aliphatic carbocycles. The van der Waals surface area contributed by atoms with Gasteiger partial charge in [0.2, 0.25) is 0 Å². The van der Waals surface area contributed by atoms with Crippen molar-refractivity contribution in [3.63, 3.8) is 0 Å². The van der Waals surface area contributed by atoms with Gasteiger partial charge in [-0.25, -0.2) is 9.18 Å². The predicted octanol–water partition coefficient (Wildman–Crippen LogP) is 1.08. The van der Waals surface area contributed by atoms with E-state index in [1.54, 1.807) is 0 Å². The first kappa shape index (κ1) is 10.0. The van der Waals surface area contributed by atoms with Gasteiger partial charge >= 0.3 is 5.76 Å². The van der Waals surface area contributed by atoms with Crippen LogP contribution >= 0.6 is 0 Å². The van der Waals surface area contributed by atoms with Gasteiger partial charge < -0.3 is 0 Å². The monoisotopic (exact) mass is 225 g/mol. The molecule has 1 heterocycles.